The van der Waals surface area contributed by atoms with Crippen molar-refractivity contribution in [3.63, 3.8) is 0 Å². The monoisotopic (exact) mass is 438 g/mol. The van der Waals surface area contributed by atoms with Crippen LogP contribution in [0.4, 0.5) is 34.4 Å². The van der Waals surface area contributed by atoms with E-state index in [0.29, 0.717) is 6.54 Å². The van der Waals surface area contributed by atoms with Gasteiger partial charge in [-0.2, -0.15) is 0 Å². The quantitative estimate of drug-likeness (QED) is 0.308. The first-order chi connectivity index (χ1) is 16.2. The minimum absolute atomic E-state index is 0.126. The highest BCUT2D eigenvalue weighted by Crippen LogP contribution is 2.40. The van der Waals surface area contributed by atoms with Crippen molar-refractivity contribution >= 4 is 34.4 Å². The molecule has 8 nitrogen and oxygen atoms in total. The summed E-state index contributed by atoms with van der Waals surface area (Å²) < 4.78 is 0. The maximum Gasteiger partial charge on any atom is 0.355 e. The number of hydrazine groups is 1. The minimum atomic E-state index is -0.414. The van der Waals surface area contributed by atoms with E-state index in [9.17, 15) is 10.1 Å². The molecule has 1 N–H and O–H groups in total. The van der Waals surface area contributed by atoms with Crippen molar-refractivity contribution in [1.82, 2.24) is 9.97 Å². The summed E-state index contributed by atoms with van der Waals surface area (Å²) in [4.78, 5) is 22.4. The average molecular weight is 438 g/mol. The molecule has 0 atom stereocenters. The largest absolute Gasteiger partial charge is 0.355 e. The summed E-state index contributed by atoms with van der Waals surface area (Å²) in [6.45, 7) is 0.648. The number of rotatable bonds is 6. The number of benzene rings is 3. The van der Waals surface area contributed by atoms with Gasteiger partial charge >= 0.3 is 5.69 Å². The van der Waals surface area contributed by atoms with E-state index < -0.39 is 4.92 Å². The minimum Gasteiger partial charge on any atom is -0.320 e. The van der Waals surface area contributed by atoms with Crippen molar-refractivity contribution in [2.75, 3.05) is 21.9 Å². The maximum atomic E-state index is 12.3. The van der Waals surface area contributed by atoms with Gasteiger partial charge in [0.2, 0.25) is 11.6 Å². The SMILES string of the molecule is O=[N+]([O-])c1c(NN(c2ccccc2)c2ccccc2)ncnc1N1CCCc2ccccc21. The number of hydrogen-bond donors (Lipinski definition) is 1. The fourth-order valence-corrected chi connectivity index (χ4v) is 4.11. The third-order valence-electron chi connectivity index (χ3n) is 5.60. The standard InChI is InChI=1S/C25H22N6O2/c32-31(33)23-24(28-30(20-12-3-1-4-13-20)21-14-5-2-6-15-21)26-18-27-25(23)29-17-9-11-19-10-7-8-16-22(19)29/h1-8,10,12-16,18H,9,11,17H2,(H,26,27,28). The van der Waals surface area contributed by atoms with Crippen LogP contribution in [0.5, 0.6) is 0 Å². The molecule has 0 bridgehead atoms. The molecule has 0 fully saturated rings. The summed E-state index contributed by atoms with van der Waals surface area (Å²) in [5, 5.41) is 14.1. The van der Waals surface area contributed by atoms with Gasteiger partial charge in [-0.05, 0) is 48.7 Å². The summed E-state index contributed by atoms with van der Waals surface area (Å²) >= 11 is 0. The number of fused-ring (bicyclic) bond motifs is 1. The fourth-order valence-electron chi connectivity index (χ4n) is 4.11. The van der Waals surface area contributed by atoms with E-state index in [1.165, 1.54) is 6.33 Å². The van der Waals surface area contributed by atoms with Crippen molar-refractivity contribution in [1.29, 1.82) is 0 Å². The van der Waals surface area contributed by atoms with Crippen LogP contribution in [0.2, 0.25) is 0 Å². The predicted molar refractivity (Wildman–Crippen MR) is 129 cm³/mol. The molecule has 4 aromatic rings. The lowest BCUT2D eigenvalue weighted by Gasteiger charge is -2.30. The second-order valence-corrected chi connectivity index (χ2v) is 7.65. The summed E-state index contributed by atoms with van der Waals surface area (Å²) in [5.74, 6) is 0.409. The topological polar surface area (TPSA) is 87.4 Å². The Hall–Kier alpha value is -4.46. The number of nitrogens with zero attached hydrogens (tertiary/aromatic N) is 5. The molecule has 5 rings (SSSR count). The van der Waals surface area contributed by atoms with Gasteiger partial charge < -0.3 is 4.90 Å². The van der Waals surface area contributed by atoms with Crippen LogP contribution in [-0.2, 0) is 6.42 Å². The van der Waals surface area contributed by atoms with E-state index >= 15 is 0 Å². The fraction of sp³-hybridized carbons (Fsp3) is 0.120. The molecule has 1 aliphatic rings. The molecule has 0 saturated carbocycles. The van der Waals surface area contributed by atoms with Crippen molar-refractivity contribution < 1.29 is 4.92 Å². The first kappa shape index (κ1) is 20.4. The summed E-state index contributed by atoms with van der Waals surface area (Å²) in [6.07, 6.45) is 3.20. The van der Waals surface area contributed by atoms with Crippen LogP contribution in [0.3, 0.4) is 0 Å². The summed E-state index contributed by atoms with van der Waals surface area (Å²) in [5.41, 5.74) is 6.76. The number of aryl methyl sites for hydroxylation is 1. The number of para-hydroxylation sites is 3. The predicted octanol–water partition coefficient (Wildman–Crippen LogP) is 5.63. The molecule has 0 amide bonds. The van der Waals surface area contributed by atoms with E-state index in [1.54, 1.807) is 5.01 Å². The van der Waals surface area contributed by atoms with Crippen molar-refractivity contribution in [3.05, 3.63) is 107 Å². The Labute approximate surface area is 191 Å². The molecular weight excluding hydrogens is 416 g/mol. The van der Waals surface area contributed by atoms with Crippen LogP contribution in [0.1, 0.15) is 12.0 Å². The lowest BCUT2D eigenvalue weighted by molar-refractivity contribution is -0.383. The van der Waals surface area contributed by atoms with E-state index in [1.807, 2.05) is 83.8 Å². The molecule has 1 aromatic heterocycles. The molecule has 3 aromatic carbocycles. The Morgan fingerprint density at radius 1 is 0.879 bits per heavy atom. The van der Waals surface area contributed by atoms with Crippen LogP contribution in [-0.4, -0.2) is 21.4 Å². The van der Waals surface area contributed by atoms with Gasteiger partial charge in [0.1, 0.15) is 6.33 Å². The van der Waals surface area contributed by atoms with E-state index in [-0.39, 0.29) is 17.3 Å². The lowest BCUT2D eigenvalue weighted by atomic mass is 10.0. The van der Waals surface area contributed by atoms with Gasteiger partial charge in [0, 0.05) is 12.2 Å². The Balaban J connectivity index is 1.60. The molecule has 33 heavy (non-hydrogen) atoms. The molecule has 0 aliphatic carbocycles. The van der Waals surface area contributed by atoms with Crippen LogP contribution >= 0.6 is 0 Å². The molecule has 164 valence electrons. The molecule has 2 heterocycles. The second kappa shape index (κ2) is 8.96. The Bertz CT molecular complexity index is 1230. The molecule has 0 radical (unpaired) electrons. The van der Waals surface area contributed by atoms with Crippen LogP contribution in [0.25, 0.3) is 0 Å². The van der Waals surface area contributed by atoms with E-state index in [4.69, 9.17) is 0 Å². The number of anilines is 5. The van der Waals surface area contributed by atoms with Crippen molar-refractivity contribution in [3.8, 4) is 0 Å². The number of nitro groups is 1. The third kappa shape index (κ3) is 4.06. The van der Waals surface area contributed by atoms with Gasteiger partial charge in [-0.1, -0.05) is 54.6 Å². The first-order valence-corrected chi connectivity index (χ1v) is 10.7. The van der Waals surface area contributed by atoms with Crippen molar-refractivity contribution in [2.24, 2.45) is 0 Å². The van der Waals surface area contributed by atoms with Gasteiger partial charge in [-0.15, -0.1) is 0 Å². The number of nitrogens with one attached hydrogen (secondary N) is 1. The number of hydrogen-bond acceptors (Lipinski definition) is 7. The Morgan fingerprint density at radius 3 is 2.18 bits per heavy atom. The highest BCUT2D eigenvalue weighted by atomic mass is 16.6. The van der Waals surface area contributed by atoms with Gasteiger partial charge in [-0.25, -0.2) is 9.97 Å². The van der Waals surface area contributed by atoms with Crippen LogP contribution in [0, 0.1) is 10.1 Å². The highest BCUT2D eigenvalue weighted by molar-refractivity contribution is 5.79. The molecule has 0 saturated heterocycles. The zero-order valence-electron chi connectivity index (χ0n) is 17.8. The normalized spacial score (nSPS) is 12.7. The van der Waals surface area contributed by atoms with Crippen LogP contribution < -0.4 is 15.3 Å². The molecule has 1 aliphatic heterocycles. The molecular formula is C25H22N6O2. The third-order valence-corrected chi connectivity index (χ3v) is 5.60. The lowest BCUT2D eigenvalue weighted by Crippen LogP contribution is -2.28. The molecule has 0 unspecified atom stereocenters. The maximum absolute atomic E-state index is 12.3. The molecule has 0 spiro atoms. The van der Waals surface area contributed by atoms with E-state index in [2.05, 4.69) is 21.5 Å². The van der Waals surface area contributed by atoms with E-state index in [0.717, 1.165) is 35.5 Å². The summed E-state index contributed by atoms with van der Waals surface area (Å²) in [7, 11) is 0. The number of aromatic nitrogens is 2. The van der Waals surface area contributed by atoms with Gasteiger partial charge in [-0.3, -0.25) is 20.5 Å². The van der Waals surface area contributed by atoms with Gasteiger partial charge in [0.05, 0.1) is 16.3 Å². The summed E-state index contributed by atoms with van der Waals surface area (Å²) in [6, 6.07) is 27.2. The second-order valence-electron chi connectivity index (χ2n) is 7.65. The van der Waals surface area contributed by atoms with Crippen molar-refractivity contribution in [2.45, 2.75) is 12.8 Å². The Kier molecular flexibility index (Phi) is 5.55. The molecule has 8 heteroatoms. The van der Waals surface area contributed by atoms with Gasteiger partial charge in [0.25, 0.3) is 0 Å². The smallest absolute Gasteiger partial charge is 0.320 e. The van der Waals surface area contributed by atoms with Gasteiger partial charge in [0.15, 0.2) is 0 Å². The zero-order chi connectivity index (χ0) is 22.6. The zero-order valence-corrected chi connectivity index (χ0v) is 17.8. The Morgan fingerprint density at radius 2 is 1.52 bits per heavy atom. The average Bonchev–Trinajstić information content (AvgIpc) is 2.87. The highest BCUT2D eigenvalue weighted by Gasteiger charge is 2.31. The van der Waals surface area contributed by atoms with Crippen LogP contribution in [0.15, 0.2) is 91.3 Å². The first-order valence-electron chi connectivity index (χ1n) is 10.7.